The van der Waals surface area contributed by atoms with Gasteiger partial charge in [-0.05, 0) is 44.9 Å². The molecule has 0 radical (unpaired) electrons. The average molecular weight is 349 g/mol. The molecule has 1 aliphatic heterocycles. The molecular weight excluding hydrogens is 322 g/mol. The van der Waals surface area contributed by atoms with Crippen LogP contribution in [0, 0.1) is 5.92 Å². The van der Waals surface area contributed by atoms with Gasteiger partial charge in [0.15, 0.2) is 0 Å². The van der Waals surface area contributed by atoms with Gasteiger partial charge in [0, 0.05) is 31.3 Å². The van der Waals surface area contributed by atoms with Gasteiger partial charge in [0.1, 0.15) is 5.75 Å². The van der Waals surface area contributed by atoms with Gasteiger partial charge >= 0.3 is 5.97 Å². The zero-order chi connectivity index (χ0) is 18.2. The van der Waals surface area contributed by atoms with Crippen LogP contribution in [0.15, 0.2) is 18.2 Å². The van der Waals surface area contributed by atoms with Crippen LogP contribution in [0.5, 0.6) is 5.75 Å². The largest absolute Gasteiger partial charge is 0.494 e. The van der Waals surface area contributed by atoms with E-state index in [0.717, 1.165) is 11.3 Å². The Kier molecular flexibility index (Phi) is 7.25. The Hall–Kier alpha value is -2.08. The minimum absolute atomic E-state index is 0.0253. The van der Waals surface area contributed by atoms with Crippen molar-refractivity contribution in [3.8, 4) is 5.75 Å². The first-order valence-electron chi connectivity index (χ1n) is 8.81. The summed E-state index contributed by atoms with van der Waals surface area (Å²) in [5.41, 5.74) is 1.47. The summed E-state index contributed by atoms with van der Waals surface area (Å²) in [5, 5.41) is 0. The molecule has 0 saturated carbocycles. The molecule has 1 aromatic carbocycles. The third-order valence-electron chi connectivity index (χ3n) is 4.31. The highest BCUT2D eigenvalue weighted by atomic mass is 16.5. The van der Waals surface area contributed by atoms with Crippen molar-refractivity contribution in [2.75, 3.05) is 33.4 Å². The van der Waals surface area contributed by atoms with Gasteiger partial charge in [-0.25, -0.2) is 0 Å². The van der Waals surface area contributed by atoms with Crippen molar-refractivity contribution >= 4 is 11.9 Å². The van der Waals surface area contributed by atoms with Crippen LogP contribution in [0.2, 0.25) is 0 Å². The topological polar surface area (TPSA) is 65.1 Å². The first kappa shape index (κ1) is 19.2. The van der Waals surface area contributed by atoms with Crippen molar-refractivity contribution in [2.24, 2.45) is 5.92 Å². The Morgan fingerprint density at radius 3 is 2.48 bits per heavy atom. The number of carbonyl (C=O) groups is 2. The monoisotopic (exact) mass is 349 g/mol. The van der Waals surface area contributed by atoms with E-state index in [-0.39, 0.29) is 17.8 Å². The van der Waals surface area contributed by atoms with Gasteiger partial charge in [-0.1, -0.05) is 0 Å². The Balaban J connectivity index is 2.03. The van der Waals surface area contributed by atoms with Gasteiger partial charge in [0.25, 0.3) is 5.91 Å². The maximum Gasteiger partial charge on any atom is 0.309 e. The molecule has 6 heteroatoms. The number of piperidine rings is 1. The highest BCUT2D eigenvalue weighted by Gasteiger charge is 2.28. The molecule has 6 nitrogen and oxygen atoms in total. The van der Waals surface area contributed by atoms with Gasteiger partial charge in [-0.3, -0.25) is 9.59 Å². The van der Waals surface area contributed by atoms with Crippen LogP contribution >= 0.6 is 0 Å². The van der Waals surface area contributed by atoms with Crippen molar-refractivity contribution in [1.29, 1.82) is 0 Å². The van der Waals surface area contributed by atoms with Crippen molar-refractivity contribution in [2.45, 2.75) is 33.3 Å². The third kappa shape index (κ3) is 4.95. The highest BCUT2D eigenvalue weighted by Crippen LogP contribution is 2.24. The summed E-state index contributed by atoms with van der Waals surface area (Å²) < 4.78 is 15.8. The third-order valence-corrected chi connectivity index (χ3v) is 4.31. The van der Waals surface area contributed by atoms with Crippen molar-refractivity contribution < 1.29 is 23.8 Å². The van der Waals surface area contributed by atoms with Gasteiger partial charge in [-0.2, -0.15) is 0 Å². The number of esters is 1. The fourth-order valence-electron chi connectivity index (χ4n) is 3.04. The highest BCUT2D eigenvalue weighted by molar-refractivity contribution is 5.94. The van der Waals surface area contributed by atoms with Crippen LogP contribution in [0.4, 0.5) is 0 Å². The number of benzene rings is 1. The summed E-state index contributed by atoms with van der Waals surface area (Å²) in [6.07, 6.45) is 1.29. The second kappa shape index (κ2) is 9.42. The minimum atomic E-state index is -0.155. The fraction of sp³-hybridized carbons (Fsp3) is 0.579. The number of methoxy groups -OCH3 is 1. The minimum Gasteiger partial charge on any atom is -0.494 e. The van der Waals surface area contributed by atoms with E-state index in [0.29, 0.717) is 51.3 Å². The number of rotatable bonds is 7. The molecule has 25 heavy (non-hydrogen) atoms. The first-order valence-corrected chi connectivity index (χ1v) is 8.81. The van der Waals surface area contributed by atoms with E-state index in [4.69, 9.17) is 14.2 Å². The Morgan fingerprint density at radius 2 is 1.88 bits per heavy atom. The Bertz CT molecular complexity index is 593. The average Bonchev–Trinajstić information content (AvgIpc) is 2.63. The molecule has 0 unspecified atom stereocenters. The van der Waals surface area contributed by atoms with Gasteiger partial charge in [0.05, 0.1) is 25.7 Å². The smallest absolute Gasteiger partial charge is 0.309 e. The van der Waals surface area contributed by atoms with Crippen molar-refractivity contribution in [3.05, 3.63) is 29.3 Å². The number of nitrogens with zero attached hydrogens (tertiary/aromatic N) is 1. The van der Waals surface area contributed by atoms with E-state index >= 15 is 0 Å². The van der Waals surface area contributed by atoms with Crippen LogP contribution in [-0.2, 0) is 20.9 Å². The number of ether oxygens (including phenoxy) is 3. The number of hydrogen-bond acceptors (Lipinski definition) is 5. The van der Waals surface area contributed by atoms with Crippen LogP contribution in [-0.4, -0.2) is 50.2 Å². The first-order chi connectivity index (χ1) is 12.1. The van der Waals surface area contributed by atoms with E-state index in [1.54, 1.807) is 25.0 Å². The summed E-state index contributed by atoms with van der Waals surface area (Å²) in [7, 11) is 1.62. The molecular formula is C19H27NO5. The zero-order valence-electron chi connectivity index (χ0n) is 15.2. The van der Waals surface area contributed by atoms with E-state index < -0.39 is 0 Å². The Morgan fingerprint density at radius 1 is 1.16 bits per heavy atom. The molecule has 0 atom stereocenters. The van der Waals surface area contributed by atoms with Crippen molar-refractivity contribution in [3.63, 3.8) is 0 Å². The quantitative estimate of drug-likeness (QED) is 0.708. The normalized spacial score (nSPS) is 15.1. The molecule has 2 rings (SSSR count). The van der Waals surface area contributed by atoms with Crippen LogP contribution in [0.3, 0.4) is 0 Å². The maximum absolute atomic E-state index is 12.8. The summed E-state index contributed by atoms with van der Waals surface area (Å²) in [5.74, 6) is 0.455. The van der Waals surface area contributed by atoms with Gasteiger partial charge in [-0.15, -0.1) is 0 Å². The van der Waals surface area contributed by atoms with Crippen molar-refractivity contribution in [1.82, 2.24) is 4.90 Å². The lowest BCUT2D eigenvalue weighted by Gasteiger charge is -2.31. The lowest BCUT2D eigenvalue weighted by Crippen LogP contribution is -2.40. The number of amides is 1. The van der Waals surface area contributed by atoms with E-state index in [1.807, 2.05) is 19.1 Å². The molecule has 1 saturated heterocycles. The summed E-state index contributed by atoms with van der Waals surface area (Å²) in [6.45, 7) is 6.20. The fourth-order valence-corrected chi connectivity index (χ4v) is 3.04. The second-order valence-electron chi connectivity index (χ2n) is 6.01. The lowest BCUT2D eigenvalue weighted by molar-refractivity contribution is -0.149. The molecule has 0 N–H and O–H groups in total. The maximum atomic E-state index is 12.8. The molecule has 0 spiro atoms. The standard InChI is InChI=1S/C19H27NO5/c1-4-24-17-7-6-15(12-16(17)13-23-3)18(21)20-10-8-14(9-11-20)19(22)25-5-2/h6-7,12,14H,4-5,8-11,13H2,1-3H3. The molecule has 0 aromatic heterocycles. The molecule has 1 aromatic rings. The van der Waals surface area contributed by atoms with Crippen LogP contribution in [0.1, 0.15) is 42.6 Å². The molecule has 0 bridgehead atoms. The van der Waals surface area contributed by atoms with Gasteiger partial charge in [0.2, 0.25) is 0 Å². The molecule has 1 amide bonds. The molecule has 1 heterocycles. The zero-order valence-corrected chi connectivity index (χ0v) is 15.2. The summed E-state index contributed by atoms with van der Waals surface area (Å²) >= 11 is 0. The molecule has 1 aliphatic rings. The summed E-state index contributed by atoms with van der Waals surface area (Å²) in [6, 6.07) is 5.43. The predicted octanol–water partition coefficient (Wildman–Crippen LogP) is 2.65. The van der Waals surface area contributed by atoms with Gasteiger partial charge < -0.3 is 19.1 Å². The summed E-state index contributed by atoms with van der Waals surface area (Å²) in [4.78, 5) is 26.4. The van der Waals surface area contributed by atoms with E-state index in [2.05, 4.69) is 0 Å². The number of likely N-dealkylation sites (tertiary alicyclic amines) is 1. The predicted molar refractivity (Wildman–Crippen MR) is 93.6 cm³/mol. The van der Waals surface area contributed by atoms with E-state index in [9.17, 15) is 9.59 Å². The number of carbonyl (C=O) groups excluding carboxylic acids is 2. The number of hydrogen-bond donors (Lipinski definition) is 0. The lowest BCUT2D eigenvalue weighted by atomic mass is 9.96. The van der Waals surface area contributed by atoms with Crippen LogP contribution < -0.4 is 4.74 Å². The Labute approximate surface area is 149 Å². The molecule has 0 aliphatic carbocycles. The van der Waals surface area contributed by atoms with E-state index in [1.165, 1.54) is 0 Å². The molecule has 1 fully saturated rings. The second-order valence-corrected chi connectivity index (χ2v) is 6.01. The molecule has 138 valence electrons. The van der Waals surface area contributed by atoms with Crippen LogP contribution in [0.25, 0.3) is 0 Å². The SMILES string of the molecule is CCOC(=O)C1CCN(C(=O)c2ccc(OCC)c(COC)c2)CC1.